The number of piperidine rings is 2. The predicted octanol–water partition coefficient (Wildman–Crippen LogP) is 2.17. The molecule has 1 atom stereocenters. The summed E-state index contributed by atoms with van der Waals surface area (Å²) in [6.07, 6.45) is 4.84. The first-order chi connectivity index (χ1) is 12.5. The standard InChI is InChI=1S/C21H31N3O2/c1-17(25)24-13-7-6-10-19(24)20(26)22-16-21(11-14-23(2)15-12-21)18-8-4-3-5-9-18/h3-5,8-9,19H,6-7,10-16H2,1-2H3,(H,22,26). The van der Waals surface area contributed by atoms with Crippen LogP contribution in [-0.2, 0) is 15.0 Å². The smallest absolute Gasteiger partial charge is 0.242 e. The molecule has 26 heavy (non-hydrogen) atoms. The maximum Gasteiger partial charge on any atom is 0.242 e. The van der Waals surface area contributed by atoms with Crippen LogP contribution < -0.4 is 5.32 Å². The van der Waals surface area contributed by atoms with Crippen molar-refractivity contribution in [2.24, 2.45) is 0 Å². The Morgan fingerprint density at radius 3 is 2.46 bits per heavy atom. The molecule has 0 bridgehead atoms. The highest BCUT2D eigenvalue weighted by Gasteiger charge is 2.37. The highest BCUT2D eigenvalue weighted by molar-refractivity contribution is 5.87. The van der Waals surface area contributed by atoms with E-state index in [0.717, 1.165) is 45.2 Å². The molecule has 2 saturated heterocycles. The van der Waals surface area contributed by atoms with Gasteiger partial charge in [-0.15, -0.1) is 0 Å². The van der Waals surface area contributed by atoms with E-state index >= 15 is 0 Å². The van der Waals surface area contributed by atoms with E-state index in [4.69, 9.17) is 0 Å². The molecule has 142 valence electrons. The minimum atomic E-state index is -0.305. The maximum atomic E-state index is 12.9. The molecule has 0 spiro atoms. The van der Waals surface area contributed by atoms with Crippen molar-refractivity contribution >= 4 is 11.8 Å². The van der Waals surface area contributed by atoms with Crippen LogP contribution in [-0.4, -0.2) is 60.9 Å². The van der Waals surface area contributed by atoms with Crippen LogP contribution in [0.3, 0.4) is 0 Å². The number of amides is 2. The minimum Gasteiger partial charge on any atom is -0.353 e. The molecule has 1 aromatic rings. The predicted molar refractivity (Wildman–Crippen MR) is 103 cm³/mol. The second kappa shape index (κ2) is 8.21. The summed E-state index contributed by atoms with van der Waals surface area (Å²) in [6.45, 7) is 4.98. The van der Waals surface area contributed by atoms with Crippen molar-refractivity contribution in [2.45, 2.75) is 50.5 Å². The first kappa shape index (κ1) is 18.9. The molecule has 0 saturated carbocycles. The molecule has 1 unspecified atom stereocenters. The van der Waals surface area contributed by atoms with Gasteiger partial charge in [-0.2, -0.15) is 0 Å². The normalized spacial score (nSPS) is 23.5. The fraction of sp³-hybridized carbons (Fsp3) is 0.619. The van der Waals surface area contributed by atoms with Crippen LogP contribution >= 0.6 is 0 Å². The van der Waals surface area contributed by atoms with E-state index in [-0.39, 0.29) is 23.3 Å². The van der Waals surface area contributed by atoms with Crippen molar-refractivity contribution in [1.29, 1.82) is 0 Å². The summed E-state index contributed by atoms with van der Waals surface area (Å²) in [5.74, 6) is 0.0102. The number of carbonyl (C=O) groups excluding carboxylic acids is 2. The van der Waals surface area contributed by atoms with E-state index in [2.05, 4.69) is 41.5 Å². The largest absolute Gasteiger partial charge is 0.353 e. The van der Waals surface area contributed by atoms with Gasteiger partial charge in [0.1, 0.15) is 6.04 Å². The highest BCUT2D eigenvalue weighted by Crippen LogP contribution is 2.34. The van der Waals surface area contributed by atoms with Crippen LogP contribution in [0.1, 0.15) is 44.6 Å². The Bertz CT molecular complexity index is 623. The average molecular weight is 357 g/mol. The molecule has 0 aliphatic carbocycles. The fourth-order valence-corrected chi connectivity index (χ4v) is 4.36. The maximum absolute atomic E-state index is 12.9. The number of nitrogens with one attached hydrogen (secondary N) is 1. The van der Waals surface area contributed by atoms with Crippen LogP contribution in [0.5, 0.6) is 0 Å². The third kappa shape index (κ3) is 4.09. The van der Waals surface area contributed by atoms with Gasteiger partial charge in [-0.05, 0) is 57.8 Å². The Morgan fingerprint density at radius 1 is 1.12 bits per heavy atom. The molecule has 2 amide bonds. The molecule has 5 heteroatoms. The molecule has 2 heterocycles. The summed E-state index contributed by atoms with van der Waals surface area (Å²) in [7, 11) is 2.15. The minimum absolute atomic E-state index is 0.00177. The number of rotatable bonds is 4. The zero-order valence-electron chi connectivity index (χ0n) is 16.0. The molecule has 2 fully saturated rings. The van der Waals surface area contributed by atoms with E-state index < -0.39 is 0 Å². The Morgan fingerprint density at radius 2 is 1.81 bits per heavy atom. The quantitative estimate of drug-likeness (QED) is 0.898. The summed E-state index contributed by atoms with van der Waals surface area (Å²) in [5, 5.41) is 3.21. The lowest BCUT2D eigenvalue weighted by Crippen LogP contribution is -2.54. The first-order valence-corrected chi connectivity index (χ1v) is 9.81. The molecule has 3 rings (SSSR count). The van der Waals surface area contributed by atoms with Gasteiger partial charge >= 0.3 is 0 Å². The Hall–Kier alpha value is -1.88. The Labute approximate surface area is 156 Å². The van der Waals surface area contributed by atoms with Crippen LogP contribution in [0, 0.1) is 0 Å². The molecule has 1 N–H and O–H groups in total. The van der Waals surface area contributed by atoms with Gasteiger partial charge in [-0.1, -0.05) is 30.3 Å². The number of likely N-dealkylation sites (tertiary alicyclic amines) is 2. The number of hydrogen-bond donors (Lipinski definition) is 1. The third-order valence-electron chi connectivity index (χ3n) is 6.14. The SMILES string of the molecule is CC(=O)N1CCCCC1C(=O)NCC1(c2ccccc2)CCN(C)CC1. The Balaban J connectivity index is 1.71. The molecule has 1 aromatic carbocycles. The van der Waals surface area contributed by atoms with E-state index in [1.807, 2.05) is 6.07 Å². The Kier molecular flexibility index (Phi) is 5.97. The van der Waals surface area contributed by atoms with Gasteiger partial charge in [-0.25, -0.2) is 0 Å². The number of benzene rings is 1. The van der Waals surface area contributed by atoms with Gasteiger partial charge in [0.15, 0.2) is 0 Å². The number of hydrogen-bond acceptors (Lipinski definition) is 3. The zero-order chi connectivity index (χ0) is 18.6. The van der Waals surface area contributed by atoms with Crippen LogP contribution in [0.15, 0.2) is 30.3 Å². The third-order valence-corrected chi connectivity index (χ3v) is 6.14. The van der Waals surface area contributed by atoms with Crippen molar-refractivity contribution in [1.82, 2.24) is 15.1 Å². The number of nitrogens with zero attached hydrogens (tertiary/aromatic N) is 2. The fourth-order valence-electron chi connectivity index (χ4n) is 4.36. The number of carbonyl (C=O) groups is 2. The molecule has 2 aliphatic heterocycles. The first-order valence-electron chi connectivity index (χ1n) is 9.81. The summed E-state index contributed by atoms with van der Waals surface area (Å²) < 4.78 is 0. The lowest BCUT2D eigenvalue weighted by molar-refractivity contribution is -0.140. The van der Waals surface area contributed by atoms with Gasteiger partial charge in [0.25, 0.3) is 0 Å². The summed E-state index contributed by atoms with van der Waals surface area (Å²) in [5.41, 5.74) is 1.29. The molecule has 5 nitrogen and oxygen atoms in total. The highest BCUT2D eigenvalue weighted by atomic mass is 16.2. The van der Waals surface area contributed by atoms with E-state index in [1.165, 1.54) is 5.56 Å². The van der Waals surface area contributed by atoms with Gasteiger partial charge in [0.05, 0.1) is 0 Å². The lowest BCUT2D eigenvalue weighted by atomic mass is 9.72. The topological polar surface area (TPSA) is 52.7 Å². The van der Waals surface area contributed by atoms with Gasteiger partial charge in [-0.3, -0.25) is 9.59 Å². The molecule has 2 aliphatic rings. The van der Waals surface area contributed by atoms with Crippen molar-refractivity contribution < 1.29 is 9.59 Å². The van der Waals surface area contributed by atoms with Crippen molar-refractivity contribution in [3.63, 3.8) is 0 Å². The van der Waals surface area contributed by atoms with E-state index in [0.29, 0.717) is 13.1 Å². The zero-order valence-corrected chi connectivity index (χ0v) is 16.0. The molecule has 0 aromatic heterocycles. The van der Waals surface area contributed by atoms with Crippen LogP contribution in [0.25, 0.3) is 0 Å². The van der Waals surface area contributed by atoms with E-state index in [1.54, 1.807) is 11.8 Å². The van der Waals surface area contributed by atoms with Gasteiger partial charge in [0, 0.05) is 25.4 Å². The van der Waals surface area contributed by atoms with Crippen molar-refractivity contribution in [3.8, 4) is 0 Å². The summed E-state index contributed by atoms with van der Waals surface area (Å²) in [4.78, 5) is 28.8. The van der Waals surface area contributed by atoms with Crippen LogP contribution in [0.4, 0.5) is 0 Å². The molecular weight excluding hydrogens is 326 g/mol. The van der Waals surface area contributed by atoms with Crippen LogP contribution in [0.2, 0.25) is 0 Å². The van der Waals surface area contributed by atoms with Gasteiger partial charge < -0.3 is 15.1 Å². The summed E-state index contributed by atoms with van der Waals surface area (Å²) >= 11 is 0. The second-order valence-electron chi connectivity index (χ2n) is 7.89. The summed E-state index contributed by atoms with van der Waals surface area (Å²) in [6, 6.07) is 10.3. The molecular formula is C21H31N3O2. The van der Waals surface area contributed by atoms with Crippen molar-refractivity contribution in [3.05, 3.63) is 35.9 Å². The van der Waals surface area contributed by atoms with Gasteiger partial charge in [0.2, 0.25) is 11.8 Å². The monoisotopic (exact) mass is 357 g/mol. The van der Waals surface area contributed by atoms with Crippen molar-refractivity contribution in [2.75, 3.05) is 33.2 Å². The average Bonchev–Trinajstić information content (AvgIpc) is 2.68. The lowest BCUT2D eigenvalue weighted by Gasteiger charge is -2.42. The second-order valence-corrected chi connectivity index (χ2v) is 7.89. The van der Waals surface area contributed by atoms with E-state index in [9.17, 15) is 9.59 Å². The molecule has 0 radical (unpaired) electrons.